The minimum Gasteiger partial charge on any atom is -0.496 e. The number of anilines is 1. The van der Waals surface area contributed by atoms with Crippen molar-refractivity contribution in [1.82, 2.24) is 10.3 Å². The summed E-state index contributed by atoms with van der Waals surface area (Å²) in [6, 6.07) is 5.51. The molecule has 7 rings (SSSR count). The Kier molecular flexibility index (Phi) is 7.55. The van der Waals surface area contributed by atoms with Gasteiger partial charge in [0, 0.05) is 30.9 Å². The van der Waals surface area contributed by atoms with Gasteiger partial charge in [0.25, 0.3) is 5.91 Å². The molecule has 7 nitrogen and oxygen atoms in total. The van der Waals surface area contributed by atoms with Crippen LogP contribution in [0, 0.1) is 35.4 Å². The zero-order valence-corrected chi connectivity index (χ0v) is 24.9. The van der Waals surface area contributed by atoms with Crippen LogP contribution < -0.4 is 15.4 Å². The van der Waals surface area contributed by atoms with E-state index in [-0.39, 0.29) is 23.4 Å². The smallest absolute Gasteiger partial charge is 0.419 e. The number of nitrogens with zero attached hydrogens (tertiary/aromatic N) is 1. The fourth-order valence-corrected chi connectivity index (χ4v) is 9.29. The van der Waals surface area contributed by atoms with Crippen LogP contribution in [0.2, 0.25) is 0 Å². The summed E-state index contributed by atoms with van der Waals surface area (Å²) in [6.45, 7) is 1.62. The van der Waals surface area contributed by atoms with E-state index in [1.807, 2.05) is 6.07 Å². The van der Waals surface area contributed by atoms with Crippen LogP contribution in [0.5, 0.6) is 5.75 Å². The van der Waals surface area contributed by atoms with Crippen molar-refractivity contribution >= 4 is 39.1 Å². The van der Waals surface area contributed by atoms with Gasteiger partial charge in [-0.05, 0) is 92.5 Å². The highest BCUT2D eigenvalue weighted by atomic mass is 32.1. The predicted molar refractivity (Wildman–Crippen MR) is 156 cm³/mol. The maximum absolute atomic E-state index is 14.0. The van der Waals surface area contributed by atoms with Crippen molar-refractivity contribution in [3.05, 3.63) is 52.3 Å². The van der Waals surface area contributed by atoms with Crippen LogP contribution in [0.4, 0.5) is 23.2 Å². The molecule has 3 saturated carbocycles. The summed E-state index contributed by atoms with van der Waals surface area (Å²) in [7, 11) is 1.51. The van der Waals surface area contributed by atoms with Gasteiger partial charge in [-0.25, -0.2) is 9.37 Å². The number of hydrogen-bond donors (Lipinski definition) is 2. The maximum Gasteiger partial charge on any atom is 0.419 e. The zero-order chi connectivity index (χ0) is 30.7. The molecule has 2 aromatic carbocycles. The van der Waals surface area contributed by atoms with E-state index in [9.17, 15) is 27.2 Å². The number of ether oxygens (including phenoxy) is 2. The highest BCUT2D eigenvalue weighted by molar-refractivity contribution is 7.19. The van der Waals surface area contributed by atoms with Gasteiger partial charge < -0.3 is 20.1 Å². The quantitative estimate of drug-likeness (QED) is 0.293. The Balaban J connectivity index is 1.13. The fraction of sp³-hybridized carbons (Fsp3) is 0.531. The van der Waals surface area contributed by atoms with Gasteiger partial charge in [-0.3, -0.25) is 9.59 Å². The number of amides is 2. The molecule has 2 amide bonds. The Morgan fingerprint density at radius 2 is 1.77 bits per heavy atom. The van der Waals surface area contributed by atoms with Crippen molar-refractivity contribution in [1.29, 1.82) is 0 Å². The summed E-state index contributed by atoms with van der Waals surface area (Å²) in [6.07, 6.45) is 0.623. The second-order valence-electron chi connectivity index (χ2n) is 12.7. The van der Waals surface area contributed by atoms with Gasteiger partial charge in [0.05, 0.1) is 33.8 Å². The lowest BCUT2D eigenvalue weighted by atomic mass is 9.76. The van der Waals surface area contributed by atoms with Gasteiger partial charge in [-0.1, -0.05) is 0 Å². The van der Waals surface area contributed by atoms with E-state index in [0.717, 1.165) is 73.0 Å². The summed E-state index contributed by atoms with van der Waals surface area (Å²) in [5, 5.41) is 6.68. The molecule has 3 aromatic rings. The van der Waals surface area contributed by atoms with Crippen LogP contribution in [-0.4, -0.2) is 43.2 Å². The first-order valence-electron chi connectivity index (χ1n) is 15.1. The van der Waals surface area contributed by atoms with Crippen LogP contribution in [0.15, 0.2) is 30.3 Å². The lowest BCUT2D eigenvalue weighted by Gasteiger charge is -2.31. The first kappa shape index (κ1) is 29.5. The fourth-order valence-electron chi connectivity index (χ4n) is 8.04. The lowest BCUT2D eigenvalue weighted by molar-refractivity contribution is -0.140. The minimum atomic E-state index is -4.89. The lowest BCUT2D eigenvalue weighted by Crippen LogP contribution is -2.48. The largest absolute Gasteiger partial charge is 0.496 e. The highest BCUT2D eigenvalue weighted by Gasteiger charge is 2.51. The Hall–Kier alpha value is -3.25. The number of benzene rings is 2. The van der Waals surface area contributed by atoms with E-state index in [1.165, 1.54) is 18.4 Å². The standard InChI is InChI=1S/C32H33F4N3O4S/c1-42-24-9-8-23-28(44-31(38-23)17-4-5-18-13-43-14-19(18)11-17)26(24)30(41)39-27-16-3-2-15(10-16)25(27)29(40)37-20-6-7-22(33)21(12-20)32(34,35)36/h6-9,12,15-19,25,27H,2-5,10-11,13-14H2,1H3,(H,37,40)(H,39,41)/t15-,16+,17?,18?,19?,25+,27-/m1/s1. The van der Waals surface area contributed by atoms with Gasteiger partial charge in [-0.15, -0.1) is 11.3 Å². The summed E-state index contributed by atoms with van der Waals surface area (Å²) in [5.74, 6) is -0.990. The number of carbonyl (C=O) groups is 2. The number of alkyl halides is 3. The number of fused-ring (bicyclic) bond motifs is 4. The highest BCUT2D eigenvalue weighted by Crippen LogP contribution is 2.50. The van der Waals surface area contributed by atoms with Gasteiger partial charge in [0.15, 0.2) is 0 Å². The molecule has 1 saturated heterocycles. The summed E-state index contributed by atoms with van der Waals surface area (Å²) < 4.78 is 65.7. The van der Waals surface area contributed by atoms with Gasteiger partial charge in [0.1, 0.15) is 17.1 Å². The minimum absolute atomic E-state index is 0.0183. The maximum atomic E-state index is 14.0. The van der Waals surface area contributed by atoms with Crippen molar-refractivity contribution in [3.8, 4) is 5.75 Å². The molecule has 0 radical (unpaired) electrons. The molecular weight excluding hydrogens is 598 g/mol. The van der Waals surface area contributed by atoms with E-state index in [1.54, 1.807) is 6.07 Å². The predicted octanol–water partition coefficient (Wildman–Crippen LogP) is 6.78. The molecule has 4 aliphatic rings. The van der Waals surface area contributed by atoms with Crippen LogP contribution in [0.25, 0.3) is 10.2 Å². The SMILES string of the molecule is COc1ccc2nc(C3CCC4COCC4C3)sc2c1C(=O)N[C@@H]1[C@H]2CC[C@H](C2)[C@@H]1C(=O)Nc1ccc(F)c(C(F)(F)F)c1. The van der Waals surface area contributed by atoms with Crippen molar-refractivity contribution < 1.29 is 36.6 Å². The second-order valence-corrected chi connectivity index (χ2v) is 13.7. The van der Waals surface area contributed by atoms with Crippen molar-refractivity contribution in [2.45, 2.75) is 56.7 Å². The average molecular weight is 632 g/mol. The molecule has 1 aromatic heterocycles. The molecule has 7 atom stereocenters. The number of rotatable bonds is 6. The Morgan fingerprint density at radius 3 is 2.57 bits per heavy atom. The topological polar surface area (TPSA) is 89.6 Å². The molecule has 234 valence electrons. The number of carbonyl (C=O) groups excluding carboxylic acids is 2. The first-order chi connectivity index (χ1) is 21.1. The van der Waals surface area contributed by atoms with Crippen molar-refractivity contribution in [2.24, 2.45) is 29.6 Å². The van der Waals surface area contributed by atoms with Crippen LogP contribution in [0.1, 0.15) is 65.4 Å². The third kappa shape index (κ3) is 5.23. The molecule has 2 bridgehead atoms. The zero-order valence-electron chi connectivity index (χ0n) is 24.1. The van der Waals surface area contributed by atoms with Crippen LogP contribution in [0.3, 0.4) is 0 Å². The molecular formula is C32H33F4N3O4S. The first-order valence-corrected chi connectivity index (χ1v) is 16.0. The van der Waals surface area contributed by atoms with Crippen LogP contribution in [-0.2, 0) is 15.7 Å². The number of nitrogens with one attached hydrogen (secondary N) is 2. The average Bonchev–Trinajstić information content (AvgIpc) is 3.80. The third-order valence-corrected chi connectivity index (χ3v) is 11.4. The third-order valence-electron chi connectivity index (χ3n) is 10.2. The van der Waals surface area contributed by atoms with E-state index in [0.29, 0.717) is 41.2 Å². The number of aromatic nitrogens is 1. The Morgan fingerprint density at radius 1 is 1.00 bits per heavy atom. The molecule has 4 fully saturated rings. The molecule has 1 aliphatic heterocycles. The molecule has 12 heteroatoms. The number of hydrogen-bond acceptors (Lipinski definition) is 6. The number of thiazole rings is 1. The monoisotopic (exact) mass is 631 g/mol. The number of methoxy groups -OCH3 is 1. The second kappa shape index (κ2) is 11.3. The molecule has 44 heavy (non-hydrogen) atoms. The Bertz CT molecular complexity index is 1610. The summed E-state index contributed by atoms with van der Waals surface area (Å²) >= 11 is 1.51. The van der Waals surface area contributed by atoms with Crippen molar-refractivity contribution in [3.63, 3.8) is 0 Å². The summed E-state index contributed by atoms with van der Waals surface area (Å²) in [5.41, 5.74) is -0.484. The van der Waals surface area contributed by atoms with Gasteiger partial charge >= 0.3 is 6.18 Å². The molecule has 2 N–H and O–H groups in total. The van der Waals surface area contributed by atoms with Crippen LogP contribution >= 0.6 is 11.3 Å². The normalized spacial score (nSPS) is 29.5. The molecule has 2 heterocycles. The van der Waals surface area contributed by atoms with E-state index in [4.69, 9.17) is 14.5 Å². The van der Waals surface area contributed by atoms with Gasteiger partial charge in [0.2, 0.25) is 5.91 Å². The van der Waals surface area contributed by atoms with E-state index in [2.05, 4.69) is 10.6 Å². The van der Waals surface area contributed by atoms with E-state index < -0.39 is 35.4 Å². The molecule has 0 spiro atoms. The van der Waals surface area contributed by atoms with Crippen molar-refractivity contribution in [2.75, 3.05) is 25.6 Å². The Labute approximate surface area is 255 Å². The molecule has 3 unspecified atom stereocenters. The summed E-state index contributed by atoms with van der Waals surface area (Å²) in [4.78, 5) is 32.4. The van der Waals surface area contributed by atoms with E-state index >= 15 is 0 Å². The van der Waals surface area contributed by atoms with Gasteiger partial charge in [-0.2, -0.15) is 13.2 Å². The number of halogens is 4. The molecule has 3 aliphatic carbocycles.